The van der Waals surface area contributed by atoms with Crippen molar-refractivity contribution in [3.8, 4) is 28.7 Å². The largest absolute Gasteiger partial charge is 0.494 e. The highest BCUT2D eigenvalue weighted by Gasteiger charge is 2.00. The zero-order valence-electron chi connectivity index (χ0n) is 15.7. The van der Waals surface area contributed by atoms with Gasteiger partial charge in [-0.2, -0.15) is 0 Å². The zero-order chi connectivity index (χ0) is 19.1. The van der Waals surface area contributed by atoms with Gasteiger partial charge in [0.05, 0.1) is 6.61 Å². The number of ketones is 1. The average molecular weight is 354 g/mol. The predicted molar refractivity (Wildman–Crippen MR) is 110 cm³/mol. The molecule has 3 aromatic carbocycles. The van der Waals surface area contributed by atoms with Gasteiger partial charge >= 0.3 is 0 Å². The SMILES string of the molecule is CCCOc1ccc(-c2ccc(C#Cc3ccc(C(C)=O)cc3)cc2)cc1. The highest BCUT2D eigenvalue weighted by Crippen LogP contribution is 2.23. The van der Waals surface area contributed by atoms with Crippen molar-refractivity contribution in [3.63, 3.8) is 0 Å². The van der Waals surface area contributed by atoms with Gasteiger partial charge in [0.25, 0.3) is 0 Å². The first-order valence-corrected chi connectivity index (χ1v) is 9.12. The summed E-state index contributed by atoms with van der Waals surface area (Å²) < 4.78 is 5.62. The fraction of sp³-hybridized carbons (Fsp3) is 0.160. The Morgan fingerprint density at radius 2 is 1.26 bits per heavy atom. The summed E-state index contributed by atoms with van der Waals surface area (Å²) in [5.74, 6) is 7.27. The molecule has 27 heavy (non-hydrogen) atoms. The molecule has 0 spiro atoms. The van der Waals surface area contributed by atoms with Crippen LogP contribution in [0.1, 0.15) is 41.8 Å². The Balaban J connectivity index is 1.69. The van der Waals surface area contributed by atoms with E-state index in [0.29, 0.717) is 5.56 Å². The number of benzene rings is 3. The van der Waals surface area contributed by atoms with Crippen LogP contribution in [0.4, 0.5) is 0 Å². The van der Waals surface area contributed by atoms with E-state index in [9.17, 15) is 4.79 Å². The first-order valence-electron chi connectivity index (χ1n) is 9.12. The zero-order valence-corrected chi connectivity index (χ0v) is 15.7. The molecule has 0 fully saturated rings. The number of Topliss-reactive ketones (excluding diaryl/α,β-unsaturated/α-hetero) is 1. The number of rotatable bonds is 5. The van der Waals surface area contributed by atoms with Crippen molar-refractivity contribution < 1.29 is 9.53 Å². The molecule has 0 amide bonds. The normalized spacial score (nSPS) is 10.0. The van der Waals surface area contributed by atoms with Crippen molar-refractivity contribution >= 4 is 5.78 Å². The van der Waals surface area contributed by atoms with E-state index < -0.39 is 0 Å². The molecule has 0 heterocycles. The number of ether oxygens (including phenoxy) is 1. The third-order valence-electron chi connectivity index (χ3n) is 4.19. The van der Waals surface area contributed by atoms with Gasteiger partial charge in [0, 0.05) is 16.7 Å². The van der Waals surface area contributed by atoms with Gasteiger partial charge in [-0.05, 0) is 60.9 Å². The fourth-order valence-corrected chi connectivity index (χ4v) is 2.64. The molecule has 0 radical (unpaired) electrons. The van der Waals surface area contributed by atoms with E-state index in [4.69, 9.17) is 4.74 Å². The monoisotopic (exact) mass is 354 g/mol. The molecule has 0 atom stereocenters. The molecule has 0 saturated carbocycles. The number of carbonyl (C=O) groups excluding carboxylic acids is 1. The van der Waals surface area contributed by atoms with Gasteiger partial charge in [0.2, 0.25) is 0 Å². The van der Waals surface area contributed by atoms with Gasteiger partial charge < -0.3 is 4.74 Å². The second-order valence-electron chi connectivity index (χ2n) is 6.33. The van der Waals surface area contributed by atoms with Crippen molar-refractivity contribution in [2.75, 3.05) is 6.61 Å². The Morgan fingerprint density at radius 1 is 0.778 bits per heavy atom. The van der Waals surface area contributed by atoms with Crippen molar-refractivity contribution in [2.45, 2.75) is 20.3 Å². The molecule has 0 N–H and O–H groups in total. The molecular weight excluding hydrogens is 332 g/mol. The third kappa shape index (κ3) is 5.09. The van der Waals surface area contributed by atoms with E-state index in [1.54, 1.807) is 6.92 Å². The molecule has 3 aromatic rings. The predicted octanol–water partition coefficient (Wildman–Crippen LogP) is 5.74. The maximum absolute atomic E-state index is 11.3. The van der Waals surface area contributed by atoms with Gasteiger partial charge in [-0.15, -0.1) is 0 Å². The molecule has 0 aliphatic rings. The summed E-state index contributed by atoms with van der Waals surface area (Å²) in [5.41, 5.74) is 4.85. The molecule has 3 rings (SSSR count). The second-order valence-corrected chi connectivity index (χ2v) is 6.33. The molecular formula is C25H22O2. The minimum atomic E-state index is 0.0649. The smallest absolute Gasteiger partial charge is 0.159 e. The van der Waals surface area contributed by atoms with Crippen LogP contribution in [0.15, 0.2) is 72.8 Å². The Hall–Kier alpha value is -3.31. The van der Waals surface area contributed by atoms with Crippen LogP contribution >= 0.6 is 0 Å². The second kappa shape index (κ2) is 8.87. The third-order valence-corrected chi connectivity index (χ3v) is 4.19. The Kier molecular flexibility index (Phi) is 6.07. The molecule has 0 bridgehead atoms. The summed E-state index contributed by atoms with van der Waals surface area (Å²) in [6.45, 7) is 4.40. The molecule has 2 nitrogen and oxygen atoms in total. The molecule has 0 saturated heterocycles. The van der Waals surface area contributed by atoms with Crippen LogP contribution in [-0.2, 0) is 0 Å². The van der Waals surface area contributed by atoms with Crippen molar-refractivity contribution in [1.82, 2.24) is 0 Å². The fourth-order valence-electron chi connectivity index (χ4n) is 2.64. The Morgan fingerprint density at radius 3 is 1.74 bits per heavy atom. The van der Waals surface area contributed by atoms with E-state index in [1.165, 1.54) is 0 Å². The van der Waals surface area contributed by atoms with Gasteiger partial charge in [0.1, 0.15) is 5.75 Å². The quantitative estimate of drug-likeness (QED) is 0.431. The topological polar surface area (TPSA) is 26.3 Å². The van der Waals surface area contributed by atoms with E-state index in [0.717, 1.165) is 41.0 Å². The van der Waals surface area contributed by atoms with E-state index in [2.05, 4.69) is 43.0 Å². The van der Waals surface area contributed by atoms with Gasteiger partial charge in [-0.25, -0.2) is 0 Å². The van der Waals surface area contributed by atoms with E-state index in [1.807, 2.05) is 48.5 Å². The lowest BCUT2D eigenvalue weighted by molar-refractivity contribution is 0.101. The lowest BCUT2D eigenvalue weighted by Crippen LogP contribution is -1.94. The van der Waals surface area contributed by atoms with Crippen LogP contribution in [0.25, 0.3) is 11.1 Å². The summed E-state index contributed by atoms with van der Waals surface area (Å²) in [6, 6.07) is 23.7. The van der Waals surface area contributed by atoms with Gasteiger partial charge in [-0.3, -0.25) is 4.79 Å². The van der Waals surface area contributed by atoms with E-state index in [-0.39, 0.29) is 5.78 Å². The minimum Gasteiger partial charge on any atom is -0.494 e. The van der Waals surface area contributed by atoms with E-state index >= 15 is 0 Å². The number of carbonyl (C=O) groups is 1. The highest BCUT2D eigenvalue weighted by atomic mass is 16.5. The van der Waals surface area contributed by atoms with Crippen molar-refractivity contribution in [3.05, 3.63) is 89.5 Å². The standard InChI is InChI=1S/C25H22O2/c1-3-18-27-25-16-14-24(15-17-25)23-12-8-21(9-13-23)5-4-20-6-10-22(11-7-20)19(2)26/h6-17H,3,18H2,1-2H3. The summed E-state index contributed by atoms with van der Waals surface area (Å²) in [7, 11) is 0. The molecule has 2 heteroatoms. The molecule has 0 aliphatic carbocycles. The maximum atomic E-state index is 11.3. The first kappa shape index (κ1) is 18.5. The summed E-state index contributed by atoms with van der Waals surface area (Å²) in [5, 5.41) is 0. The van der Waals surface area contributed by atoms with Crippen LogP contribution in [0.5, 0.6) is 5.75 Å². The lowest BCUT2D eigenvalue weighted by atomic mass is 10.0. The van der Waals surface area contributed by atoms with Crippen LogP contribution in [-0.4, -0.2) is 12.4 Å². The first-order chi connectivity index (χ1) is 13.2. The van der Waals surface area contributed by atoms with Crippen LogP contribution < -0.4 is 4.74 Å². The summed E-state index contributed by atoms with van der Waals surface area (Å²) >= 11 is 0. The van der Waals surface area contributed by atoms with Crippen LogP contribution in [0, 0.1) is 11.8 Å². The molecule has 0 aromatic heterocycles. The minimum absolute atomic E-state index is 0.0649. The number of hydrogen-bond acceptors (Lipinski definition) is 2. The van der Waals surface area contributed by atoms with Crippen molar-refractivity contribution in [1.29, 1.82) is 0 Å². The van der Waals surface area contributed by atoms with Crippen molar-refractivity contribution in [2.24, 2.45) is 0 Å². The maximum Gasteiger partial charge on any atom is 0.159 e. The Labute approximate surface area is 160 Å². The van der Waals surface area contributed by atoms with Crippen LogP contribution in [0.3, 0.4) is 0 Å². The molecule has 0 unspecified atom stereocenters. The highest BCUT2D eigenvalue weighted by molar-refractivity contribution is 5.94. The Bertz CT molecular complexity index is 954. The van der Waals surface area contributed by atoms with Crippen LogP contribution in [0.2, 0.25) is 0 Å². The average Bonchev–Trinajstić information content (AvgIpc) is 2.72. The van der Waals surface area contributed by atoms with Gasteiger partial charge in [0.15, 0.2) is 5.78 Å². The summed E-state index contributed by atoms with van der Waals surface area (Å²) in [4.78, 5) is 11.3. The number of hydrogen-bond donors (Lipinski definition) is 0. The molecule has 134 valence electrons. The van der Waals surface area contributed by atoms with Gasteiger partial charge in [-0.1, -0.05) is 55.2 Å². The summed E-state index contributed by atoms with van der Waals surface area (Å²) in [6.07, 6.45) is 1.01. The lowest BCUT2D eigenvalue weighted by Gasteiger charge is -2.06. The molecule has 0 aliphatic heterocycles.